The van der Waals surface area contributed by atoms with Crippen molar-refractivity contribution < 1.29 is 0 Å². The third kappa shape index (κ3) is 5.13. The molecule has 5 rings (SSSR count). The van der Waals surface area contributed by atoms with Gasteiger partial charge < -0.3 is 15.5 Å². The van der Waals surface area contributed by atoms with E-state index >= 15 is 0 Å². The highest BCUT2D eigenvalue weighted by Crippen LogP contribution is 2.40. The van der Waals surface area contributed by atoms with Gasteiger partial charge >= 0.3 is 0 Å². The fraction of sp³-hybridized carbons (Fsp3) is 0.500. The van der Waals surface area contributed by atoms with Gasteiger partial charge in [0.15, 0.2) is 0 Å². The van der Waals surface area contributed by atoms with Crippen LogP contribution < -0.4 is 10.6 Å². The van der Waals surface area contributed by atoms with E-state index in [9.17, 15) is 0 Å². The molecule has 7 nitrogen and oxygen atoms in total. The minimum Gasteiger partial charge on any atom is -0.399 e. The number of nitrogen functional groups attached to an aromatic ring is 1. The molecule has 0 bridgehead atoms. The summed E-state index contributed by atoms with van der Waals surface area (Å²) < 4.78 is 2.15. The predicted molar refractivity (Wildman–Crippen MR) is 157 cm³/mol. The second kappa shape index (κ2) is 11.0. The summed E-state index contributed by atoms with van der Waals surface area (Å²) in [4.78, 5) is 14.6. The van der Waals surface area contributed by atoms with Crippen LogP contribution in [0.1, 0.15) is 78.6 Å². The molecule has 202 valence electrons. The van der Waals surface area contributed by atoms with Gasteiger partial charge in [0.2, 0.25) is 0 Å². The molecule has 1 aliphatic carbocycles. The van der Waals surface area contributed by atoms with Gasteiger partial charge in [-0.2, -0.15) is 5.10 Å². The second-order valence-corrected chi connectivity index (χ2v) is 11.3. The summed E-state index contributed by atoms with van der Waals surface area (Å²) in [6.45, 7) is 11.2. The van der Waals surface area contributed by atoms with Crippen molar-refractivity contribution in [2.75, 3.05) is 31.3 Å². The highest BCUT2D eigenvalue weighted by atomic mass is 35.5. The minimum atomic E-state index is 0.364. The number of nitrogens with two attached hydrogens (primary N) is 1. The molecule has 0 amide bonds. The van der Waals surface area contributed by atoms with Crippen molar-refractivity contribution in [1.29, 1.82) is 0 Å². The third-order valence-corrected chi connectivity index (χ3v) is 8.29. The molecule has 1 unspecified atom stereocenters. The zero-order valence-corrected chi connectivity index (χ0v) is 24.0. The molecule has 0 saturated carbocycles. The Hall–Kier alpha value is -3.06. The zero-order chi connectivity index (χ0) is 27.0. The number of halogens is 1. The third-order valence-electron chi connectivity index (χ3n) is 7.96. The Balaban J connectivity index is 1.48. The van der Waals surface area contributed by atoms with Gasteiger partial charge in [-0.3, -0.25) is 4.68 Å². The molecule has 1 atom stereocenters. The van der Waals surface area contributed by atoms with Crippen LogP contribution >= 0.6 is 11.6 Å². The van der Waals surface area contributed by atoms with E-state index in [2.05, 4.69) is 42.1 Å². The number of aryl methyl sites for hydroxylation is 2. The molecule has 2 aromatic heterocycles. The van der Waals surface area contributed by atoms with Crippen molar-refractivity contribution in [1.82, 2.24) is 24.6 Å². The Morgan fingerprint density at radius 3 is 2.74 bits per heavy atom. The largest absolute Gasteiger partial charge is 0.399 e. The maximum absolute atomic E-state index is 6.68. The molecule has 2 N–H and O–H groups in total. The zero-order valence-electron chi connectivity index (χ0n) is 23.2. The second-order valence-electron chi connectivity index (χ2n) is 10.9. The van der Waals surface area contributed by atoms with Gasteiger partial charge in [-0.15, -0.1) is 0 Å². The molecule has 3 aromatic rings. The summed E-state index contributed by atoms with van der Waals surface area (Å²) in [5.74, 6) is 2.38. The van der Waals surface area contributed by atoms with Crippen molar-refractivity contribution in [2.24, 2.45) is 0 Å². The highest BCUT2D eigenvalue weighted by Gasteiger charge is 2.30. The number of nitrogens with zero attached hydrogens (tertiary/aromatic N) is 6. The smallest absolute Gasteiger partial charge is 0.136 e. The molecule has 1 aromatic carbocycles. The van der Waals surface area contributed by atoms with Gasteiger partial charge in [0.1, 0.15) is 17.3 Å². The fourth-order valence-electron chi connectivity index (χ4n) is 5.90. The number of fused-ring (bicyclic) bond motifs is 2. The number of hydrogen-bond acceptors (Lipinski definition) is 6. The molecule has 3 heterocycles. The molecule has 0 fully saturated rings. The lowest BCUT2D eigenvalue weighted by atomic mass is 9.79. The van der Waals surface area contributed by atoms with Crippen LogP contribution in [0.5, 0.6) is 0 Å². The normalized spacial score (nSPS) is 17.1. The van der Waals surface area contributed by atoms with Crippen LogP contribution in [0.2, 0.25) is 5.02 Å². The Morgan fingerprint density at radius 2 is 2.00 bits per heavy atom. The quantitative estimate of drug-likeness (QED) is 0.396. The summed E-state index contributed by atoms with van der Waals surface area (Å²) in [6.07, 6.45) is 6.76. The summed E-state index contributed by atoms with van der Waals surface area (Å²) >= 11 is 6.68. The number of anilines is 2. The van der Waals surface area contributed by atoms with E-state index in [1.54, 1.807) is 0 Å². The van der Waals surface area contributed by atoms with Gasteiger partial charge in [-0.1, -0.05) is 38.4 Å². The van der Waals surface area contributed by atoms with Gasteiger partial charge in [0.25, 0.3) is 0 Å². The van der Waals surface area contributed by atoms with Crippen molar-refractivity contribution >= 4 is 28.8 Å². The highest BCUT2D eigenvalue weighted by molar-refractivity contribution is 6.31. The molecule has 0 spiro atoms. The van der Waals surface area contributed by atoms with Gasteiger partial charge in [-0.05, 0) is 67.3 Å². The molecule has 8 heteroatoms. The van der Waals surface area contributed by atoms with Crippen LogP contribution in [0.4, 0.5) is 11.5 Å². The molecule has 38 heavy (non-hydrogen) atoms. The Morgan fingerprint density at radius 1 is 1.18 bits per heavy atom. The standard InChI is InChI=1S/C30H40ClN7/c1-6-9-23-25(15-21(32)16-26(23)31)20-10-11-24-28(14-20)33-29(7-2)34-30(24)37-12-8-13-38-22(18-37)17-27(35-38)19(3)36(4)5/h15-17,20H,3,6-14,18,32H2,1-2,4-5H3. The molecular formula is C30H40ClN7. The van der Waals surface area contributed by atoms with Crippen molar-refractivity contribution in [3.8, 4) is 0 Å². The first-order valence-electron chi connectivity index (χ1n) is 13.9. The number of hydrogen-bond donors (Lipinski definition) is 1. The van der Waals surface area contributed by atoms with E-state index in [0.29, 0.717) is 5.92 Å². The SMILES string of the molecule is C=C(c1cc2n(n1)CCCN(c1nc(CC)nc3c1CCC(c1cc(N)cc(Cl)c1CCC)C3)C2)N(C)C. The fourth-order valence-corrected chi connectivity index (χ4v) is 6.23. The lowest BCUT2D eigenvalue weighted by molar-refractivity contribution is 0.558. The van der Waals surface area contributed by atoms with Gasteiger partial charge in [0, 0.05) is 49.9 Å². The van der Waals surface area contributed by atoms with E-state index in [1.807, 2.05) is 25.1 Å². The first-order chi connectivity index (χ1) is 18.3. The van der Waals surface area contributed by atoms with Crippen LogP contribution in [-0.2, 0) is 38.8 Å². The molecule has 0 saturated heterocycles. The average molecular weight is 534 g/mol. The topological polar surface area (TPSA) is 76.1 Å². The number of benzene rings is 1. The number of aromatic nitrogens is 4. The Kier molecular flexibility index (Phi) is 7.66. The van der Waals surface area contributed by atoms with Crippen LogP contribution in [0.15, 0.2) is 24.8 Å². The maximum Gasteiger partial charge on any atom is 0.136 e. The summed E-state index contributed by atoms with van der Waals surface area (Å²) in [5.41, 5.74) is 15.1. The van der Waals surface area contributed by atoms with E-state index in [-0.39, 0.29) is 0 Å². The van der Waals surface area contributed by atoms with Crippen LogP contribution in [-0.4, -0.2) is 45.3 Å². The summed E-state index contributed by atoms with van der Waals surface area (Å²) in [6, 6.07) is 6.22. The Bertz CT molecular complexity index is 1340. The summed E-state index contributed by atoms with van der Waals surface area (Å²) in [5, 5.41) is 5.65. The number of rotatable bonds is 7. The van der Waals surface area contributed by atoms with Crippen molar-refractivity contribution in [2.45, 2.75) is 77.8 Å². The lowest BCUT2D eigenvalue weighted by Gasteiger charge is -2.31. The predicted octanol–water partition coefficient (Wildman–Crippen LogP) is 5.64. The van der Waals surface area contributed by atoms with E-state index in [4.69, 9.17) is 32.4 Å². The maximum atomic E-state index is 6.68. The molecule has 2 aliphatic rings. The average Bonchev–Trinajstić information content (AvgIpc) is 3.19. The minimum absolute atomic E-state index is 0.364. The van der Waals surface area contributed by atoms with Gasteiger partial charge in [0.05, 0.1) is 23.6 Å². The molecular weight excluding hydrogens is 494 g/mol. The monoisotopic (exact) mass is 533 g/mol. The van der Waals surface area contributed by atoms with Gasteiger partial charge in [-0.25, -0.2) is 9.97 Å². The first kappa shape index (κ1) is 26.5. The van der Waals surface area contributed by atoms with Crippen LogP contribution in [0.25, 0.3) is 5.70 Å². The van der Waals surface area contributed by atoms with E-state index < -0.39 is 0 Å². The molecule has 1 aliphatic heterocycles. The Labute approximate surface area is 231 Å². The summed E-state index contributed by atoms with van der Waals surface area (Å²) in [7, 11) is 4.02. The van der Waals surface area contributed by atoms with Crippen molar-refractivity contribution in [3.05, 3.63) is 69.4 Å². The first-order valence-corrected chi connectivity index (χ1v) is 14.3. The van der Waals surface area contributed by atoms with Crippen molar-refractivity contribution in [3.63, 3.8) is 0 Å². The van der Waals surface area contributed by atoms with E-state index in [0.717, 1.165) is 98.3 Å². The van der Waals surface area contributed by atoms with Crippen LogP contribution in [0, 0.1) is 0 Å². The lowest BCUT2D eigenvalue weighted by Crippen LogP contribution is -2.28. The van der Waals surface area contributed by atoms with Crippen LogP contribution in [0.3, 0.4) is 0 Å². The van der Waals surface area contributed by atoms with E-state index in [1.165, 1.54) is 28.1 Å². The molecule has 0 radical (unpaired) electrons.